The molecule has 0 spiro atoms. The highest BCUT2D eigenvalue weighted by molar-refractivity contribution is 5.50. The Morgan fingerprint density at radius 2 is 1.86 bits per heavy atom. The van der Waals surface area contributed by atoms with Crippen molar-refractivity contribution in [3.63, 3.8) is 0 Å². The van der Waals surface area contributed by atoms with Gasteiger partial charge < -0.3 is 14.8 Å². The zero-order chi connectivity index (χ0) is 14.9. The maximum atomic E-state index is 6.06. The molecule has 4 rings (SSSR count). The van der Waals surface area contributed by atoms with Crippen LogP contribution in [0.4, 0.5) is 5.69 Å². The molecule has 3 heteroatoms. The van der Waals surface area contributed by atoms with Gasteiger partial charge in [-0.2, -0.15) is 0 Å². The van der Waals surface area contributed by atoms with E-state index in [-0.39, 0.29) is 12.3 Å². The molecule has 0 saturated carbocycles. The van der Waals surface area contributed by atoms with Crippen LogP contribution in [-0.2, 0) is 4.74 Å². The highest BCUT2D eigenvalue weighted by Crippen LogP contribution is 2.44. The van der Waals surface area contributed by atoms with E-state index in [1.807, 2.05) is 12.1 Å². The lowest BCUT2D eigenvalue weighted by atomic mass is 9.84. The number of fused-ring (bicyclic) bond motifs is 2. The molecule has 0 aromatic heterocycles. The number of nitrogens with one attached hydrogen (secondary N) is 1. The fourth-order valence-corrected chi connectivity index (χ4v) is 3.44. The lowest BCUT2D eigenvalue weighted by Crippen LogP contribution is -2.43. The van der Waals surface area contributed by atoms with Gasteiger partial charge in [-0.15, -0.1) is 0 Å². The van der Waals surface area contributed by atoms with Gasteiger partial charge in [0.1, 0.15) is 5.75 Å². The predicted molar refractivity (Wildman–Crippen MR) is 87.1 cm³/mol. The van der Waals surface area contributed by atoms with Gasteiger partial charge in [0.2, 0.25) is 6.29 Å². The number of hydrogen-bond acceptors (Lipinski definition) is 3. The van der Waals surface area contributed by atoms with Gasteiger partial charge in [0.15, 0.2) is 0 Å². The second kappa shape index (κ2) is 5.65. The van der Waals surface area contributed by atoms with E-state index in [1.165, 1.54) is 11.1 Å². The number of aryl methyl sites for hydroxylation is 1. The smallest absolute Gasteiger partial charge is 0.204 e. The molecule has 2 aromatic carbocycles. The maximum absolute atomic E-state index is 6.06. The van der Waals surface area contributed by atoms with Crippen LogP contribution in [0.1, 0.15) is 30.0 Å². The van der Waals surface area contributed by atoms with Gasteiger partial charge in [-0.1, -0.05) is 35.9 Å². The van der Waals surface area contributed by atoms with Crippen molar-refractivity contribution in [2.45, 2.75) is 32.1 Å². The van der Waals surface area contributed by atoms with Gasteiger partial charge in [0.25, 0.3) is 0 Å². The number of anilines is 1. The third-order valence-corrected chi connectivity index (χ3v) is 4.61. The van der Waals surface area contributed by atoms with Crippen LogP contribution in [-0.4, -0.2) is 12.9 Å². The van der Waals surface area contributed by atoms with Crippen LogP contribution < -0.4 is 10.1 Å². The summed E-state index contributed by atoms with van der Waals surface area (Å²) >= 11 is 0. The molecule has 1 N–H and O–H groups in total. The fraction of sp³-hybridized carbons (Fsp3) is 0.368. The lowest BCUT2D eigenvalue weighted by Gasteiger charge is -2.42. The summed E-state index contributed by atoms with van der Waals surface area (Å²) in [6.07, 6.45) is 2.09. The van der Waals surface area contributed by atoms with Gasteiger partial charge >= 0.3 is 0 Å². The van der Waals surface area contributed by atoms with E-state index in [2.05, 4.69) is 48.6 Å². The van der Waals surface area contributed by atoms with Crippen LogP contribution in [0.25, 0.3) is 0 Å². The molecule has 1 saturated heterocycles. The van der Waals surface area contributed by atoms with Crippen LogP contribution in [0.3, 0.4) is 0 Å². The van der Waals surface area contributed by atoms with Crippen LogP contribution in [0, 0.1) is 12.8 Å². The SMILES string of the molecule is Cc1ccc(N[C@H]2c3ccccc3O[C@@H]3OCCC[C@@H]32)cc1. The first kappa shape index (κ1) is 13.6. The van der Waals surface area contributed by atoms with Gasteiger partial charge in [-0.25, -0.2) is 0 Å². The Kier molecular flexibility index (Phi) is 3.51. The summed E-state index contributed by atoms with van der Waals surface area (Å²) in [6.45, 7) is 2.90. The van der Waals surface area contributed by atoms with Crippen molar-refractivity contribution in [1.29, 1.82) is 0 Å². The highest BCUT2D eigenvalue weighted by atomic mass is 16.7. The van der Waals surface area contributed by atoms with E-state index in [0.717, 1.165) is 30.9 Å². The minimum absolute atomic E-state index is 0.133. The Labute approximate surface area is 131 Å². The van der Waals surface area contributed by atoms with E-state index in [9.17, 15) is 0 Å². The second-order valence-corrected chi connectivity index (χ2v) is 6.19. The fourth-order valence-electron chi connectivity index (χ4n) is 3.44. The van der Waals surface area contributed by atoms with Crippen LogP contribution in [0.2, 0.25) is 0 Å². The molecule has 0 amide bonds. The van der Waals surface area contributed by atoms with Crippen molar-refractivity contribution in [2.24, 2.45) is 5.92 Å². The molecule has 2 aliphatic rings. The number of benzene rings is 2. The quantitative estimate of drug-likeness (QED) is 0.896. The zero-order valence-corrected chi connectivity index (χ0v) is 12.8. The summed E-state index contributed by atoms with van der Waals surface area (Å²) in [5, 5.41) is 3.70. The van der Waals surface area contributed by atoms with E-state index in [0.29, 0.717) is 5.92 Å². The first-order valence-electron chi connectivity index (χ1n) is 8.02. The molecule has 0 radical (unpaired) electrons. The molecule has 3 atom stereocenters. The predicted octanol–water partition coefficient (Wildman–Crippen LogP) is 4.29. The summed E-state index contributed by atoms with van der Waals surface area (Å²) in [6, 6.07) is 17.1. The molecule has 0 bridgehead atoms. The molecule has 2 heterocycles. The van der Waals surface area contributed by atoms with Crippen molar-refractivity contribution in [1.82, 2.24) is 0 Å². The summed E-state index contributed by atoms with van der Waals surface area (Å²) in [4.78, 5) is 0. The van der Waals surface area contributed by atoms with Gasteiger partial charge in [-0.3, -0.25) is 0 Å². The molecular weight excluding hydrogens is 274 g/mol. The normalized spacial score (nSPS) is 26.5. The first-order chi connectivity index (χ1) is 10.8. The molecular formula is C19H21NO2. The van der Waals surface area contributed by atoms with Crippen LogP contribution in [0.5, 0.6) is 5.75 Å². The Balaban J connectivity index is 1.69. The topological polar surface area (TPSA) is 30.5 Å². The number of para-hydroxylation sites is 1. The summed E-state index contributed by atoms with van der Waals surface area (Å²) in [5.74, 6) is 1.29. The Morgan fingerprint density at radius 1 is 1.05 bits per heavy atom. The summed E-state index contributed by atoms with van der Waals surface area (Å²) in [5.41, 5.74) is 3.66. The van der Waals surface area contributed by atoms with Crippen molar-refractivity contribution in [3.8, 4) is 5.75 Å². The average Bonchev–Trinajstić information content (AvgIpc) is 2.56. The molecule has 114 valence electrons. The third-order valence-electron chi connectivity index (χ3n) is 4.61. The summed E-state index contributed by atoms with van der Waals surface area (Å²) < 4.78 is 11.9. The van der Waals surface area contributed by atoms with Crippen LogP contribution >= 0.6 is 0 Å². The second-order valence-electron chi connectivity index (χ2n) is 6.19. The largest absolute Gasteiger partial charge is 0.464 e. The maximum Gasteiger partial charge on any atom is 0.204 e. The number of ether oxygens (including phenoxy) is 2. The highest BCUT2D eigenvalue weighted by Gasteiger charge is 2.40. The van der Waals surface area contributed by atoms with E-state index >= 15 is 0 Å². The van der Waals surface area contributed by atoms with E-state index in [4.69, 9.17) is 9.47 Å². The minimum Gasteiger partial charge on any atom is -0.464 e. The zero-order valence-electron chi connectivity index (χ0n) is 12.8. The average molecular weight is 295 g/mol. The van der Waals surface area contributed by atoms with Crippen molar-refractivity contribution in [3.05, 3.63) is 59.7 Å². The molecule has 3 nitrogen and oxygen atoms in total. The molecule has 1 fully saturated rings. The number of rotatable bonds is 2. The van der Waals surface area contributed by atoms with Gasteiger partial charge in [-0.05, 0) is 38.0 Å². The molecule has 0 aliphatic carbocycles. The minimum atomic E-state index is -0.133. The first-order valence-corrected chi connectivity index (χ1v) is 8.02. The standard InChI is InChI=1S/C19H21NO2/c1-13-8-10-14(11-9-13)20-18-15-5-2-3-7-17(15)22-19-16(18)6-4-12-21-19/h2-3,5,7-11,16,18-20H,4,6,12H2,1H3/t16-,18+,19+/m1/s1. The van der Waals surface area contributed by atoms with Crippen molar-refractivity contribution < 1.29 is 9.47 Å². The Morgan fingerprint density at radius 3 is 2.73 bits per heavy atom. The van der Waals surface area contributed by atoms with Crippen LogP contribution in [0.15, 0.2) is 48.5 Å². The molecule has 22 heavy (non-hydrogen) atoms. The van der Waals surface area contributed by atoms with Crippen molar-refractivity contribution in [2.75, 3.05) is 11.9 Å². The third kappa shape index (κ3) is 2.46. The molecule has 0 unspecified atom stereocenters. The summed E-state index contributed by atoms with van der Waals surface area (Å²) in [7, 11) is 0. The molecule has 2 aromatic rings. The monoisotopic (exact) mass is 295 g/mol. The van der Waals surface area contributed by atoms with E-state index < -0.39 is 0 Å². The number of hydrogen-bond donors (Lipinski definition) is 1. The van der Waals surface area contributed by atoms with E-state index in [1.54, 1.807) is 0 Å². The Bertz CT molecular complexity index is 653. The van der Waals surface area contributed by atoms with Crippen molar-refractivity contribution >= 4 is 5.69 Å². The molecule has 2 aliphatic heterocycles. The lowest BCUT2D eigenvalue weighted by molar-refractivity contribution is -0.154. The Hall–Kier alpha value is -2.00. The van der Waals surface area contributed by atoms with Gasteiger partial charge in [0, 0.05) is 17.2 Å². The van der Waals surface area contributed by atoms with Gasteiger partial charge in [0.05, 0.1) is 12.6 Å².